The number of carbonyl (C=O) groups excluding carboxylic acids is 2. The Labute approximate surface area is 205 Å². The van der Waals surface area contributed by atoms with Crippen molar-refractivity contribution >= 4 is 50.9 Å². The number of benzene rings is 2. The van der Waals surface area contributed by atoms with E-state index in [9.17, 15) is 9.59 Å². The molecule has 0 saturated heterocycles. The van der Waals surface area contributed by atoms with Gasteiger partial charge in [-0.3, -0.25) is 14.2 Å². The third-order valence-electron chi connectivity index (χ3n) is 5.69. The summed E-state index contributed by atoms with van der Waals surface area (Å²) < 4.78 is 7.60. The molecule has 0 radical (unpaired) electrons. The summed E-state index contributed by atoms with van der Waals surface area (Å²) in [4.78, 5) is 30.8. The molecule has 0 bridgehead atoms. The molecule has 2 heterocycles. The maximum Gasteiger partial charge on any atom is 0.251 e. The molecule has 174 valence electrons. The van der Waals surface area contributed by atoms with Crippen LogP contribution in [0.1, 0.15) is 34.1 Å². The topological polar surface area (TPSA) is 99.2 Å². The Morgan fingerprint density at radius 1 is 1.18 bits per heavy atom. The Bertz CT molecular complexity index is 1380. The van der Waals surface area contributed by atoms with Gasteiger partial charge in [0.2, 0.25) is 5.91 Å². The zero-order valence-corrected chi connectivity index (χ0v) is 20.3. The molecule has 1 aliphatic carbocycles. The number of hydrogen-bond acceptors (Lipinski definition) is 6. The van der Waals surface area contributed by atoms with Crippen LogP contribution in [-0.2, 0) is 17.6 Å². The number of para-hydroxylation sites is 2. The molecule has 3 N–H and O–H groups in total. The minimum absolute atomic E-state index is 0.154. The second-order valence-electron chi connectivity index (χ2n) is 7.91. The molecule has 1 aliphatic rings. The van der Waals surface area contributed by atoms with Gasteiger partial charge in [-0.15, -0.1) is 11.3 Å². The summed E-state index contributed by atoms with van der Waals surface area (Å²) in [5, 5.41) is 4.18. The number of thiophene rings is 1. The zero-order valence-electron chi connectivity index (χ0n) is 18.7. The molecule has 0 unspecified atom stereocenters. The van der Waals surface area contributed by atoms with Crippen LogP contribution in [0.3, 0.4) is 0 Å². The van der Waals surface area contributed by atoms with Crippen LogP contribution in [-0.4, -0.2) is 33.7 Å². The molecule has 0 saturated carbocycles. The van der Waals surface area contributed by atoms with Gasteiger partial charge < -0.3 is 15.8 Å². The van der Waals surface area contributed by atoms with E-state index in [1.165, 1.54) is 23.1 Å². The van der Waals surface area contributed by atoms with Crippen LogP contribution in [0.5, 0.6) is 5.75 Å². The molecular weight excluding hydrogens is 468 g/mol. The van der Waals surface area contributed by atoms with Crippen molar-refractivity contribution in [2.75, 3.05) is 17.7 Å². The lowest BCUT2D eigenvalue weighted by molar-refractivity contribution is -0.113. The highest BCUT2D eigenvalue weighted by molar-refractivity contribution is 7.99. The monoisotopic (exact) mass is 492 g/mol. The number of imidazole rings is 1. The predicted octanol–water partition coefficient (Wildman–Crippen LogP) is 4.80. The van der Waals surface area contributed by atoms with Crippen molar-refractivity contribution in [3.63, 3.8) is 0 Å². The van der Waals surface area contributed by atoms with Gasteiger partial charge in [-0.1, -0.05) is 23.9 Å². The van der Waals surface area contributed by atoms with Crippen LogP contribution < -0.4 is 15.8 Å². The zero-order chi connectivity index (χ0) is 23.7. The first kappa shape index (κ1) is 22.5. The first-order valence-electron chi connectivity index (χ1n) is 11.1. The molecule has 0 atom stereocenters. The van der Waals surface area contributed by atoms with Crippen molar-refractivity contribution in [3.8, 4) is 11.4 Å². The van der Waals surface area contributed by atoms with Crippen LogP contribution in [0.2, 0.25) is 0 Å². The number of hydrogen-bond donors (Lipinski definition) is 2. The molecule has 0 spiro atoms. The van der Waals surface area contributed by atoms with Gasteiger partial charge >= 0.3 is 0 Å². The van der Waals surface area contributed by atoms with Crippen molar-refractivity contribution in [1.29, 1.82) is 0 Å². The highest BCUT2D eigenvalue weighted by Crippen LogP contribution is 2.39. The molecule has 34 heavy (non-hydrogen) atoms. The van der Waals surface area contributed by atoms with Crippen molar-refractivity contribution in [3.05, 3.63) is 64.5 Å². The lowest BCUT2D eigenvalue weighted by Gasteiger charge is -2.10. The largest absolute Gasteiger partial charge is 0.494 e. The SMILES string of the molecule is CCOc1ccc(-n2c(SCC(=O)Nc3sc4c(c3C(N)=O)CCC4)nc3ccccc32)cc1. The van der Waals surface area contributed by atoms with E-state index in [0.717, 1.165) is 52.2 Å². The molecule has 0 fully saturated rings. The Morgan fingerprint density at radius 2 is 1.97 bits per heavy atom. The number of anilines is 1. The fourth-order valence-electron chi connectivity index (χ4n) is 4.25. The van der Waals surface area contributed by atoms with E-state index in [1.54, 1.807) is 0 Å². The van der Waals surface area contributed by atoms with E-state index in [2.05, 4.69) is 5.32 Å². The van der Waals surface area contributed by atoms with E-state index >= 15 is 0 Å². The summed E-state index contributed by atoms with van der Waals surface area (Å²) in [6.07, 6.45) is 2.78. The summed E-state index contributed by atoms with van der Waals surface area (Å²) in [7, 11) is 0. The Morgan fingerprint density at radius 3 is 2.74 bits per heavy atom. The van der Waals surface area contributed by atoms with Gasteiger partial charge in [-0.05, 0) is 68.1 Å². The van der Waals surface area contributed by atoms with Gasteiger partial charge in [-0.2, -0.15) is 0 Å². The molecule has 9 heteroatoms. The van der Waals surface area contributed by atoms with Crippen LogP contribution in [0.4, 0.5) is 5.00 Å². The third kappa shape index (κ3) is 4.28. The number of thioether (sulfide) groups is 1. The summed E-state index contributed by atoms with van der Waals surface area (Å²) in [5.74, 6) is 0.274. The second-order valence-corrected chi connectivity index (χ2v) is 9.96. The summed E-state index contributed by atoms with van der Waals surface area (Å²) in [5.41, 5.74) is 9.83. The van der Waals surface area contributed by atoms with Crippen LogP contribution in [0, 0.1) is 0 Å². The van der Waals surface area contributed by atoms with Crippen molar-refractivity contribution < 1.29 is 14.3 Å². The maximum atomic E-state index is 12.8. The number of nitrogens with zero attached hydrogens (tertiary/aromatic N) is 2. The number of aryl methyl sites for hydroxylation is 1. The molecule has 0 aliphatic heterocycles. The number of ether oxygens (including phenoxy) is 1. The standard InChI is InChI=1S/C25H24N4O3S2/c1-2-32-16-12-10-15(11-13-16)29-19-8-4-3-7-18(19)27-25(29)33-14-21(30)28-24-22(23(26)31)17-6-5-9-20(17)34-24/h3-4,7-8,10-13H,2,5-6,9,14H2,1H3,(H2,26,31)(H,28,30). The average molecular weight is 493 g/mol. The smallest absolute Gasteiger partial charge is 0.251 e. The number of nitrogens with one attached hydrogen (secondary N) is 1. The summed E-state index contributed by atoms with van der Waals surface area (Å²) in [6, 6.07) is 15.7. The van der Waals surface area contributed by atoms with Gasteiger partial charge in [0, 0.05) is 10.6 Å². The molecule has 2 amide bonds. The van der Waals surface area contributed by atoms with Crippen LogP contribution >= 0.6 is 23.1 Å². The quantitative estimate of drug-likeness (QED) is 0.344. The maximum absolute atomic E-state index is 12.8. The summed E-state index contributed by atoms with van der Waals surface area (Å²) >= 11 is 2.81. The number of carbonyl (C=O) groups is 2. The molecule has 2 aromatic carbocycles. The minimum atomic E-state index is -0.486. The molecular formula is C25H24N4O3S2. The summed E-state index contributed by atoms with van der Waals surface area (Å²) in [6.45, 7) is 2.56. The Hall–Kier alpha value is -3.30. The minimum Gasteiger partial charge on any atom is -0.494 e. The van der Waals surface area contributed by atoms with Gasteiger partial charge in [0.25, 0.3) is 5.91 Å². The van der Waals surface area contributed by atoms with Gasteiger partial charge in [0.15, 0.2) is 5.16 Å². The molecule has 4 aromatic rings. The number of amides is 2. The van der Waals surface area contributed by atoms with E-state index in [0.29, 0.717) is 22.3 Å². The molecule has 7 nitrogen and oxygen atoms in total. The first-order chi connectivity index (χ1) is 16.5. The molecule has 5 rings (SSSR count). The predicted molar refractivity (Wildman–Crippen MR) is 136 cm³/mol. The van der Waals surface area contributed by atoms with Crippen molar-refractivity contribution in [1.82, 2.24) is 9.55 Å². The van der Waals surface area contributed by atoms with Gasteiger partial charge in [0.05, 0.1) is 29.0 Å². The second kappa shape index (κ2) is 9.52. The van der Waals surface area contributed by atoms with E-state index in [1.807, 2.05) is 60.0 Å². The van der Waals surface area contributed by atoms with E-state index in [4.69, 9.17) is 15.5 Å². The van der Waals surface area contributed by atoms with E-state index < -0.39 is 5.91 Å². The van der Waals surface area contributed by atoms with Gasteiger partial charge in [-0.25, -0.2) is 4.98 Å². The number of rotatable bonds is 8. The highest BCUT2D eigenvalue weighted by atomic mass is 32.2. The van der Waals surface area contributed by atoms with E-state index in [-0.39, 0.29) is 11.7 Å². The molecule has 2 aromatic heterocycles. The van der Waals surface area contributed by atoms with Gasteiger partial charge in [0.1, 0.15) is 10.8 Å². The first-order valence-corrected chi connectivity index (χ1v) is 12.9. The van der Waals surface area contributed by atoms with Crippen molar-refractivity contribution in [2.45, 2.75) is 31.3 Å². The Balaban J connectivity index is 1.38. The highest BCUT2D eigenvalue weighted by Gasteiger charge is 2.26. The van der Waals surface area contributed by atoms with Crippen molar-refractivity contribution in [2.24, 2.45) is 5.73 Å². The number of nitrogens with two attached hydrogens (primary N) is 1. The Kier molecular flexibility index (Phi) is 6.30. The third-order valence-corrected chi connectivity index (χ3v) is 7.83. The lowest BCUT2D eigenvalue weighted by Crippen LogP contribution is -2.19. The fourth-order valence-corrected chi connectivity index (χ4v) is 6.39. The normalized spacial score (nSPS) is 12.6. The van der Waals surface area contributed by atoms with Crippen LogP contribution in [0.15, 0.2) is 53.7 Å². The number of aromatic nitrogens is 2. The number of fused-ring (bicyclic) bond motifs is 2. The fraction of sp³-hybridized carbons (Fsp3) is 0.240. The average Bonchev–Trinajstić information content (AvgIpc) is 3.50. The lowest BCUT2D eigenvalue weighted by atomic mass is 10.1. The number of primary amides is 1. The van der Waals surface area contributed by atoms with Crippen LogP contribution in [0.25, 0.3) is 16.7 Å².